The standard InChI is InChI=1S/C12H17N3O3/c1-7-4-10(11(17)18)15-12(14-7)13-6-8-2-3-9(16)5-8/h4,8-9,16H,2-3,5-6H2,1H3,(H,17,18)(H,13,14,15). The number of nitrogens with one attached hydrogen (secondary N) is 1. The minimum atomic E-state index is -1.06. The van der Waals surface area contributed by atoms with E-state index in [2.05, 4.69) is 15.3 Å². The summed E-state index contributed by atoms with van der Waals surface area (Å²) in [6.45, 7) is 2.40. The second-order valence-corrected chi connectivity index (χ2v) is 4.74. The predicted molar refractivity (Wildman–Crippen MR) is 65.6 cm³/mol. The lowest BCUT2D eigenvalue weighted by Gasteiger charge is -2.11. The maximum atomic E-state index is 10.9. The van der Waals surface area contributed by atoms with Crippen molar-refractivity contribution in [2.24, 2.45) is 5.92 Å². The van der Waals surface area contributed by atoms with Gasteiger partial charge in [-0.3, -0.25) is 0 Å². The maximum absolute atomic E-state index is 10.9. The molecule has 0 amide bonds. The highest BCUT2D eigenvalue weighted by molar-refractivity contribution is 5.85. The Labute approximate surface area is 105 Å². The van der Waals surface area contributed by atoms with Crippen LogP contribution in [-0.4, -0.2) is 38.8 Å². The van der Waals surface area contributed by atoms with Crippen LogP contribution in [0.1, 0.15) is 35.4 Å². The molecule has 2 unspecified atom stereocenters. The average Bonchev–Trinajstić information content (AvgIpc) is 2.72. The lowest BCUT2D eigenvalue weighted by Crippen LogP contribution is -2.16. The lowest BCUT2D eigenvalue weighted by atomic mass is 10.1. The van der Waals surface area contributed by atoms with E-state index in [0.717, 1.165) is 19.3 Å². The molecular weight excluding hydrogens is 234 g/mol. The summed E-state index contributed by atoms with van der Waals surface area (Å²) in [4.78, 5) is 18.9. The Bertz CT molecular complexity index is 450. The fraction of sp³-hybridized carbons (Fsp3) is 0.583. The van der Waals surface area contributed by atoms with Crippen molar-refractivity contribution in [3.63, 3.8) is 0 Å². The lowest BCUT2D eigenvalue weighted by molar-refractivity contribution is 0.0690. The van der Waals surface area contributed by atoms with Gasteiger partial charge in [0.05, 0.1) is 6.10 Å². The van der Waals surface area contributed by atoms with Crippen LogP contribution < -0.4 is 5.32 Å². The smallest absolute Gasteiger partial charge is 0.354 e. The summed E-state index contributed by atoms with van der Waals surface area (Å²) >= 11 is 0. The molecule has 1 fully saturated rings. The fourth-order valence-electron chi connectivity index (χ4n) is 2.23. The van der Waals surface area contributed by atoms with Crippen LogP contribution in [0.3, 0.4) is 0 Å². The second kappa shape index (κ2) is 5.30. The van der Waals surface area contributed by atoms with Gasteiger partial charge in [-0.25, -0.2) is 14.8 Å². The molecule has 0 aromatic carbocycles. The third-order valence-electron chi connectivity index (χ3n) is 3.14. The molecule has 0 aliphatic heterocycles. The number of carboxylic acid groups (broad SMARTS) is 1. The van der Waals surface area contributed by atoms with Crippen molar-refractivity contribution in [1.29, 1.82) is 0 Å². The maximum Gasteiger partial charge on any atom is 0.354 e. The third-order valence-corrected chi connectivity index (χ3v) is 3.14. The van der Waals surface area contributed by atoms with E-state index in [0.29, 0.717) is 24.1 Å². The van der Waals surface area contributed by atoms with E-state index in [-0.39, 0.29) is 11.8 Å². The molecule has 6 heteroatoms. The van der Waals surface area contributed by atoms with Crippen molar-refractivity contribution < 1.29 is 15.0 Å². The number of hydrogen-bond acceptors (Lipinski definition) is 5. The summed E-state index contributed by atoms with van der Waals surface area (Å²) in [7, 11) is 0. The number of aromatic nitrogens is 2. The number of aliphatic hydroxyl groups excluding tert-OH is 1. The van der Waals surface area contributed by atoms with Crippen LogP contribution in [0.4, 0.5) is 5.95 Å². The summed E-state index contributed by atoms with van der Waals surface area (Å²) in [5, 5.41) is 21.4. The Morgan fingerprint density at radius 1 is 1.50 bits per heavy atom. The highest BCUT2D eigenvalue weighted by Crippen LogP contribution is 2.25. The van der Waals surface area contributed by atoms with Crippen LogP contribution >= 0.6 is 0 Å². The van der Waals surface area contributed by atoms with Gasteiger partial charge in [-0.05, 0) is 38.2 Å². The number of aliphatic hydroxyl groups is 1. The van der Waals surface area contributed by atoms with Gasteiger partial charge >= 0.3 is 5.97 Å². The molecule has 18 heavy (non-hydrogen) atoms. The molecule has 98 valence electrons. The van der Waals surface area contributed by atoms with E-state index < -0.39 is 5.97 Å². The zero-order valence-electron chi connectivity index (χ0n) is 10.3. The number of anilines is 1. The van der Waals surface area contributed by atoms with Crippen molar-refractivity contribution in [2.45, 2.75) is 32.3 Å². The van der Waals surface area contributed by atoms with Gasteiger partial charge < -0.3 is 15.5 Å². The Morgan fingerprint density at radius 3 is 2.89 bits per heavy atom. The van der Waals surface area contributed by atoms with Crippen molar-refractivity contribution in [3.05, 3.63) is 17.5 Å². The number of rotatable bonds is 4. The largest absolute Gasteiger partial charge is 0.477 e. The molecule has 0 bridgehead atoms. The Balaban J connectivity index is 1.98. The van der Waals surface area contributed by atoms with E-state index in [4.69, 9.17) is 5.11 Å². The number of carboxylic acids is 1. The molecule has 1 saturated carbocycles. The molecule has 1 aromatic rings. The van der Waals surface area contributed by atoms with Crippen LogP contribution in [0.25, 0.3) is 0 Å². The van der Waals surface area contributed by atoms with E-state index in [1.54, 1.807) is 6.92 Å². The van der Waals surface area contributed by atoms with Crippen LogP contribution in [-0.2, 0) is 0 Å². The Hall–Kier alpha value is -1.69. The molecule has 1 heterocycles. The summed E-state index contributed by atoms with van der Waals surface area (Å²) < 4.78 is 0. The predicted octanol–water partition coefficient (Wildman–Crippen LogP) is 1.06. The van der Waals surface area contributed by atoms with Gasteiger partial charge in [0.1, 0.15) is 0 Å². The van der Waals surface area contributed by atoms with E-state index in [1.165, 1.54) is 6.07 Å². The van der Waals surface area contributed by atoms with Crippen molar-refractivity contribution >= 4 is 11.9 Å². The zero-order chi connectivity index (χ0) is 13.1. The minimum absolute atomic E-state index is 0.00328. The van der Waals surface area contributed by atoms with Crippen molar-refractivity contribution in [3.8, 4) is 0 Å². The summed E-state index contributed by atoms with van der Waals surface area (Å²) in [5.41, 5.74) is 0.618. The molecule has 1 aliphatic carbocycles. The van der Waals surface area contributed by atoms with Gasteiger partial charge in [-0.2, -0.15) is 0 Å². The van der Waals surface area contributed by atoms with Gasteiger partial charge in [0.15, 0.2) is 5.69 Å². The first kappa shape index (κ1) is 12.8. The molecular formula is C12H17N3O3. The van der Waals surface area contributed by atoms with Crippen LogP contribution in [0, 0.1) is 12.8 Å². The molecule has 0 saturated heterocycles. The van der Waals surface area contributed by atoms with E-state index in [9.17, 15) is 9.90 Å². The normalized spacial score (nSPS) is 23.0. The number of aromatic carboxylic acids is 1. The second-order valence-electron chi connectivity index (χ2n) is 4.74. The summed E-state index contributed by atoms with van der Waals surface area (Å²) in [5.74, 6) is -0.314. The minimum Gasteiger partial charge on any atom is -0.477 e. The Kier molecular flexibility index (Phi) is 3.76. The molecule has 2 rings (SSSR count). The summed E-state index contributed by atoms with van der Waals surface area (Å²) in [6, 6.07) is 1.44. The SMILES string of the molecule is Cc1cc(C(=O)O)nc(NCC2CCC(O)C2)n1. The molecule has 0 spiro atoms. The van der Waals surface area contributed by atoms with Crippen LogP contribution in [0.5, 0.6) is 0 Å². The number of aryl methyl sites for hydroxylation is 1. The first-order valence-corrected chi connectivity index (χ1v) is 6.05. The zero-order valence-corrected chi connectivity index (χ0v) is 10.3. The molecule has 6 nitrogen and oxygen atoms in total. The van der Waals surface area contributed by atoms with Crippen LogP contribution in [0.2, 0.25) is 0 Å². The van der Waals surface area contributed by atoms with Gasteiger partial charge in [0, 0.05) is 12.2 Å². The third kappa shape index (κ3) is 3.16. The monoisotopic (exact) mass is 251 g/mol. The number of carbonyl (C=O) groups is 1. The fourth-order valence-corrected chi connectivity index (χ4v) is 2.23. The Morgan fingerprint density at radius 2 is 2.28 bits per heavy atom. The first-order chi connectivity index (χ1) is 8.54. The number of hydrogen-bond donors (Lipinski definition) is 3. The van der Waals surface area contributed by atoms with Gasteiger partial charge in [0.2, 0.25) is 5.95 Å². The highest BCUT2D eigenvalue weighted by Gasteiger charge is 2.22. The molecule has 2 atom stereocenters. The average molecular weight is 251 g/mol. The topological polar surface area (TPSA) is 95.3 Å². The molecule has 3 N–H and O–H groups in total. The molecule has 1 aromatic heterocycles. The van der Waals surface area contributed by atoms with Crippen LogP contribution in [0.15, 0.2) is 6.07 Å². The summed E-state index contributed by atoms with van der Waals surface area (Å²) in [6.07, 6.45) is 2.39. The van der Waals surface area contributed by atoms with E-state index in [1.807, 2.05) is 0 Å². The molecule has 0 radical (unpaired) electrons. The van der Waals surface area contributed by atoms with Crippen molar-refractivity contribution in [2.75, 3.05) is 11.9 Å². The van der Waals surface area contributed by atoms with E-state index >= 15 is 0 Å². The first-order valence-electron chi connectivity index (χ1n) is 6.05. The van der Waals surface area contributed by atoms with Gasteiger partial charge in [0.25, 0.3) is 0 Å². The highest BCUT2D eigenvalue weighted by atomic mass is 16.4. The number of nitrogens with zero attached hydrogens (tertiary/aromatic N) is 2. The van der Waals surface area contributed by atoms with Gasteiger partial charge in [-0.15, -0.1) is 0 Å². The quantitative estimate of drug-likeness (QED) is 0.740. The molecule has 1 aliphatic rings. The van der Waals surface area contributed by atoms with Gasteiger partial charge in [-0.1, -0.05) is 0 Å². The van der Waals surface area contributed by atoms with Crippen molar-refractivity contribution in [1.82, 2.24) is 9.97 Å².